The molecule has 3 rings (SSSR count). The normalized spacial score (nSPS) is 25.8. The van der Waals surface area contributed by atoms with Crippen molar-refractivity contribution in [3.63, 3.8) is 0 Å². The Morgan fingerprint density at radius 2 is 1.89 bits per heavy atom. The van der Waals surface area contributed by atoms with Crippen molar-refractivity contribution in [2.24, 2.45) is 5.92 Å². The van der Waals surface area contributed by atoms with Gasteiger partial charge >= 0.3 is 0 Å². The summed E-state index contributed by atoms with van der Waals surface area (Å²) in [5.74, 6) is 0.339. The number of hydrogen-bond acceptors (Lipinski definition) is 3. The highest BCUT2D eigenvalue weighted by Gasteiger charge is 2.26. The molecule has 3 heteroatoms. The number of β-amino-alcohol motifs (C(OH)–C–C–N with tert-alkyl or cyclic N) is 1. The fourth-order valence-corrected chi connectivity index (χ4v) is 3.17. The van der Waals surface area contributed by atoms with Crippen molar-refractivity contribution < 1.29 is 9.84 Å². The minimum absolute atomic E-state index is 0.233. The summed E-state index contributed by atoms with van der Waals surface area (Å²) in [6.45, 7) is 4.45. The van der Waals surface area contributed by atoms with Crippen LogP contribution in [0.5, 0.6) is 0 Å². The molecule has 1 N–H and O–H groups in total. The lowest BCUT2D eigenvalue weighted by Crippen LogP contribution is -2.38. The van der Waals surface area contributed by atoms with Crippen LogP contribution < -0.4 is 0 Å². The number of aliphatic hydroxyl groups is 1. The van der Waals surface area contributed by atoms with Crippen LogP contribution in [-0.4, -0.2) is 49.0 Å². The van der Waals surface area contributed by atoms with E-state index in [0.29, 0.717) is 5.92 Å². The number of rotatable bonds is 3. The monoisotopic (exact) mass is 261 g/mol. The van der Waals surface area contributed by atoms with Gasteiger partial charge in [-0.3, -0.25) is 0 Å². The maximum absolute atomic E-state index is 10.3. The fraction of sp³-hybridized carbons (Fsp3) is 0.625. The molecular formula is C16H23NO2. The van der Waals surface area contributed by atoms with E-state index in [1.807, 2.05) is 0 Å². The number of hydrogen-bond donors (Lipinski definition) is 1. The summed E-state index contributed by atoms with van der Waals surface area (Å²) in [4.78, 5) is 2.41. The molecule has 2 aliphatic rings. The largest absolute Gasteiger partial charge is 0.391 e. The van der Waals surface area contributed by atoms with Crippen LogP contribution >= 0.6 is 0 Å². The Labute approximate surface area is 115 Å². The van der Waals surface area contributed by atoms with Gasteiger partial charge in [0, 0.05) is 32.2 Å². The first-order valence-electron chi connectivity index (χ1n) is 7.38. The van der Waals surface area contributed by atoms with Crippen molar-refractivity contribution in [1.29, 1.82) is 0 Å². The highest BCUT2D eigenvalue weighted by Crippen LogP contribution is 2.20. The van der Waals surface area contributed by atoms with Crippen LogP contribution in [0.15, 0.2) is 24.3 Å². The lowest BCUT2D eigenvalue weighted by molar-refractivity contribution is 0.0571. The first-order valence-corrected chi connectivity index (χ1v) is 7.38. The molecule has 1 fully saturated rings. The maximum atomic E-state index is 10.3. The van der Waals surface area contributed by atoms with Gasteiger partial charge < -0.3 is 14.7 Å². The van der Waals surface area contributed by atoms with Gasteiger partial charge in [-0.2, -0.15) is 0 Å². The summed E-state index contributed by atoms with van der Waals surface area (Å²) in [5, 5.41) is 10.3. The SMILES string of the molecule is OC(CN1CCc2ccccc2CC1)C1CCOC1. The molecule has 2 heterocycles. The van der Waals surface area contributed by atoms with Gasteiger partial charge in [0.15, 0.2) is 0 Å². The predicted octanol–water partition coefficient (Wildman–Crippen LogP) is 1.48. The number of fused-ring (bicyclic) bond motifs is 1. The van der Waals surface area contributed by atoms with Crippen LogP contribution in [0.25, 0.3) is 0 Å². The zero-order valence-corrected chi connectivity index (χ0v) is 11.4. The minimum Gasteiger partial charge on any atom is -0.391 e. The second-order valence-corrected chi connectivity index (χ2v) is 5.76. The molecule has 2 atom stereocenters. The molecule has 1 aromatic carbocycles. The molecular weight excluding hydrogens is 238 g/mol. The average Bonchev–Trinajstić information content (AvgIpc) is 2.90. The lowest BCUT2D eigenvalue weighted by atomic mass is 10.0. The molecule has 2 unspecified atom stereocenters. The van der Waals surface area contributed by atoms with E-state index < -0.39 is 0 Å². The van der Waals surface area contributed by atoms with Gasteiger partial charge in [0.25, 0.3) is 0 Å². The molecule has 104 valence electrons. The summed E-state index contributed by atoms with van der Waals surface area (Å²) in [5.41, 5.74) is 2.95. The second kappa shape index (κ2) is 6.04. The van der Waals surface area contributed by atoms with Gasteiger partial charge in [-0.15, -0.1) is 0 Å². The van der Waals surface area contributed by atoms with Gasteiger partial charge in [0.1, 0.15) is 0 Å². The molecule has 0 spiro atoms. The van der Waals surface area contributed by atoms with E-state index in [-0.39, 0.29) is 6.10 Å². The van der Waals surface area contributed by atoms with Crippen molar-refractivity contribution in [3.8, 4) is 0 Å². The van der Waals surface area contributed by atoms with E-state index in [2.05, 4.69) is 29.2 Å². The zero-order valence-electron chi connectivity index (χ0n) is 11.4. The number of aliphatic hydroxyl groups excluding tert-OH is 1. The molecule has 0 radical (unpaired) electrons. The molecule has 19 heavy (non-hydrogen) atoms. The minimum atomic E-state index is -0.233. The molecule has 0 aliphatic carbocycles. The Hall–Kier alpha value is -0.900. The Bertz CT molecular complexity index is 388. The molecule has 0 saturated carbocycles. The third kappa shape index (κ3) is 3.16. The Morgan fingerprint density at radius 1 is 1.21 bits per heavy atom. The van der Waals surface area contributed by atoms with Crippen LogP contribution in [0, 0.1) is 5.92 Å². The van der Waals surface area contributed by atoms with E-state index in [1.165, 1.54) is 11.1 Å². The number of benzene rings is 1. The highest BCUT2D eigenvalue weighted by atomic mass is 16.5. The lowest BCUT2D eigenvalue weighted by Gasteiger charge is -2.25. The molecule has 3 nitrogen and oxygen atoms in total. The highest BCUT2D eigenvalue weighted by molar-refractivity contribution is 5.28. The number of ether oxygens (including phenoxy) is 1. The topological polar surface area (TPSA) is 32.7 Å². The maximum Gasteiger partial charge on any atom is 0.0718 e. The van der Waals surface area contributed by atoms with Crippen molar-refractivity contribution in [1.82, 2.24) is 4.90 Å². The smallest absolute Gasteiger partial charge is 0.0718 e. The van der Waals surface area contributed by atoms with Crippen LogP contribution in [0.2, 0.25) is 0 Å². The summed E-state index contributed by atoms with van der Waals surface area (Å²) < 4.78 is 5.36. The van der Waals surface area contributed by atoms with Gasteiger partial charge in [-0.05, 0) is 30.4 Å². The second-order valence-electron chi connectivity index (χ2n) is 5.76. The Kier molecular flexibility index (Phi) is 4.16. The number of nitrogens with zero attached hydrogens (tertiary/aromatic N) is 1. The average molecular weight is 261 g/mol. The van der Waals surface area contributed by atoms with E-state index in [9.17, 15) is 5.11 Å². The quantitative estimate of drug-likeness (QED) is 0.894. The summed E-state index contributed by atoms with van der Waals surface area (Å²) in [6.07, 6.45) is 2.98. The van der Waals surface area contributed by atoms with E-state index >= 15 is 0 Å². The van der Waals surface area contributed by atoms with E-state index in [4.69, 9.17) is 4.74 Å². The van der Waals surface area contributed by atoms with Crippen LogP contribution in [-0.2, 0) is 17.6 Å². The molecule has 0 aromatic heterocycles. The van der Waals surface area contributed by atoms with Gasteiger partial charge in [0.05, 0.1) is 12.7 Å². The molecule has 0 bridgehead atoms. The van der Waals surface area contributed by atoms with E-state index in [1.54, 1.807) is 0 Å². The first kappa shape index (κ1) is 13.1. The van der Waals surface area contributed by atoms with Crippen molar-refractivity contribution in [2.45, 2.75) is 25.4 Å². The van der Waals surface area contributed by atoms with Gasteiger partial charge in [-0.25, -0.2) is 0 Å². The van der Waals surface area contributed by atoms with Gasteiger partial charge in [-0.1, -0.05) is 24.3 Å². The zero-order chi connectivity index (χ0) is 13.1. The summed E-state index contributed by atoms with van der Waals surface area (Å²) in [6, 6.07) is 8.72. The molecule has 2 aliphatic heterocycles. The summed E-state index contributed by atoms with van der Waals surface area (Å²) >= 11 is 0. The Morgan fingerprint density at radius 3 is 2.47 bits per heavy atom. The standard InChI is InChI=1S/C16H23NO2/c18-16(15-7-10-19-12-15)11-17-8-5-13-3-1-2-4-14(13)6-9-17/h1-4,15-16,18H,5-12H2. The molecule has 0 amide bonds. The van der Waals surface area contributed by atoms with Gasteiger partial charge in [0.2, 0.25) is 0 Å². The summed E-state index contributed by atoms with van der Waals surface area (Å²) in [7, 11) is 0. The predicted molar refractivity (Wildman–Crippen MR) is 75.2 cm³/mol. The first-order chi connectivity index (χ1) is 9.33. The fourth-order valence-electron chi connectivity index (χ4n) is 3.17. The third-order valence-electron chi connectivity index (χ3n) is 4.47. The Balaban J connectivity index is 1.56. The van der Waals surface area contributed by atoms with Crippen molar-refractivity contribution in [3.05, 3.63) is 35.4 Å². The molecule has 1 aromatic rings. The van der Waals surface area contributed by atoms with E-state index in [0.717, 1.165) is 52.1 Å². The molecule has 1 saturated heterocycles. The van der Waals surface area contributed by atoms with Crippen LogP contribution in [0.3, 0.4) is 0 Å². The van der Waals surface area contributed by atoms with Crippen molar-refractivity contribution in [2.75, 3.05) is 32.8 Å². The van der Waals surface area contributed by atoms with Crippen LogP contribution in [0.1, 0.15) is 17.5 Å². The third-order valence-corrected chi connectivity index (χ3v) is 4.47. The van der Waals surface area contributed by atoms with Crippen molar-refractivity contribution >= 4 is 0 Å². The van der Waals surface area contributed by atoms with Crippen LogP contribution in [0.4, 0.5) is 0 Å².